The Bertz CT molecular complexity index is 1270. The van der Waals surface area contributed by atoms with Gasteiger partial charge in [0.2, 0.25) is 0 Å². The van der Waals surface area contributed by atoms with E-state index in [1.54, 1.807) is 0 Å². The minimum Gasteiger partial charge on any atom is -0.256 e. The minimum atomic E-state index is 0.265. The number of hydrogen-bond donors (Lipinski definition) is 0. The molecule has 0 spiro atoms. The summed E-state index contributed by atoms with van der Waals surface area (Å²) in [7, 11) is 0. The molecule has 0 radical (unpaired) electrons. The van der Waals surface area contributed by atoms with Gasteiger partial charge in [-0.05, 0) is 57.9 Å². The van der Waals surface area contributed by atoms with Crippen LogP contribution in [0.1, 0.15) is 26.7 Å². The summed E-state index contributed by atoms with van der Waals surface area (Å²) in [5, 5.41) is 2.66. The van der Waals surface area contributed by atoms with Gasteiger partial charge in [0.15, 0.2) is 0 Å². The molecule has 1 heterocycles. The molecule has 4 atom stereocenters. The number of aromatic nitrogens is 1. The molecular formula is C29H27N. The average molecular weight is 390 g/mol. The van der Waals surface area contributed by atoms with Crippen molar-refractivity contribution in [1.29, 1.82) is 0 Å². The predicted octanol–water partition coefficient (Wildman–Crippen LogP) is 5.60. The molecule has 4 aliphatic rings. The summed E-state index contributed by atoms with van der Waals surface area (Å²) >= 11 is 0. The van der Waals surface area contributed by atoms with Gasteiger partial charge in [-0.2, -0.15) is 0 Å². The lowest BCUT2D eigenvalue weighted by atomic mass is 9.48. The number of rotatable bonds is 2. The molecule has 0 aliphatic heterocycles. The van der Waals surface area contributed by atoms with E-state index in [1.165, 1.54) is 40.0 Å². The van der Waals surface area contributed by atoms with Crippen LogP contribution in [0.25, 0.3) is 34.5 Å². The van der Waals surface area contributed by atoms with Gasteiger partial charge in [-0.25, -0.2) is 0 Å². The van der Waals surface area contributed by atoms with E-state index in [0.717, 1.165) is 5.69 Å². The zero-order valence-electron chi connectivity index (χ0n) is 17.7. The van der Waals surface area contributed by atoms with Crippen LogP contribution in [0.5, 0.6) is 0 Å². The van der Waals surface area contributed by atoms with Gasteiger partial charge in [0, 0.05) is 17.0 Å². The van der Waals surface area contributed by atoms with Crippen LogP contribution in [0.2, 0.25) is 0 Å². The molecule has 2 bridgehead atoms. The highest BCUT2D eigenvalue weighted by Gasteiger charge is 2.52. The van der Waals surface area contributed by atoms with Crippen molar-refractivity contribution in [1.82, 2.24) is 4.98 Å². The number of fused-ring (bicyclic) bond motifs is 2. The lowest BCUT2D eigenvalue weighted by Gasteiger charge is -2.56. The maximum absolute atomic E-state index is 4.84. The number of allylic oxidation sites excluding steroid dienone is 2. The van der Waals surface area contributed by atoms with Gasteiger partial charge >= 0.3 is 0 Å². The quantitative estimate of drug-likeness (QED) is 0.520. The van der Waals surface area contributed by atoms with Crippen molar-refractivity contribution in [2.24, 2.45) is 22.7 Å². The van der Waals surface area contributed by atoms with E-state index in [9.17, 15) is 0 Å². The Kier molecular flexibility index (Phi) is 3.75. The summed E-state index contributed by atoms with van der Waals surface area (Å²) in [4.78, 5) is 4.84. The number of hydrogen-bond acceptors (Lipinski definition) is 1. The Hall–Kier alpha value is -2.93. The summed E-state index contributed by atoms with van der Waals surface area (Å²) in [6, 6.07) is 21.6. The van der Waals surface area contributed by atoms with Crippen molar-refractivity contribution >= 4 is 12.2 Å². The van der Waals surface area contributed by atoms with E-state index >= 15 is 0 Å². The Morgan fingerprint density at radius 2 is 1.30 bits per heavy atom. The van der Waals surface area contributed by atoms with Crippen molar-refractivity contribution < 1.29 is 0 Å². The van der Waals surface area contributed by atoms with Crippen LogP contribution in [0.15, 0.2) is 79.0 Å². The van der Waals surface area contributed by atoms with E-state index in [4.69, 9.17) is 4.98 Å². The Morgan fingerprint density at radius 3 is 1.97 bits per heavy atom. The molecule has 0 saturated heterocycles. The summed E-state index contributed by atoms with van der Waals surface area (Å²) in [6.45, 7) is 4.89. The molecule has 4 unspecified atom stereocenters. The summed E-state index contributed by atoms with van der Waals surface area (Å²) in [5.41, 5.74) is 5.36. The Labute approximate surface area is 178 Å². The fraction of sp³-hybridized carbons (Fsp3) is 0.276. The first-order valence-corrected chi connectivity index (χ1v) is 11.1. The van der Waals surface area contributed by atoms with E-state index in [0.29, 0.717) is 11.8 Å². The molecule has 1 fully saturated rings. The van der Waals surface area contributed by atoms with Crippen LogP contribution in [0.3, 0.4) is 0 Å². The van der Waals surface area contributed by atoms with Gasteiger partial charge in [0.25, 0.3) is 0 Å². The number of pyridine rings is 1. The first-order chi connectivity index (χ1) is 14.6. The Balaban J connectivity index is 1.48. The third-order valence-corrected chi connectivity index (χ3v) is 7.95. The maximum atomic E-state index is 4.84. The standard InChI is InChI=1S/C29H27N/c1-28-13-15-29(2,16-14-28)26-19-24-23(18-25(26)28)12-17-30-27(24)22-10-8-21(9-11-22)20-6-4-3-5-7-20/h3-13,15,17-19,25-26H,14,16H2,1-2H3. The molecule has 2 aromatic carbocycles. The van der Waals surface area contributed by atoms with Crippen LogP contribution in [-0.2, 0) is 0 Å². The van der Waals surface area contributed by atoms with E-state index in [-0.39, 0.29) is 10.8 Å². The molecule has 4 aliphatic carbocycles. The first-order valence-electron chi connectivity index (χ1n) is 11.1. The molecule has 1 heteroatoms. The third-order valence-electron chi connectivity index (χ3n) is 7.95. The summed E-state index contributed by atoms with van der Waals surface area (Å²) < 4.78 is 0. The second-order valence-electron chi connectivity index (χ2n) is 9.84. The molecule has 1 nitrogen and oxygen atoms in total. The Morgan fingerprint density at radius 1 is 0.700 bits per heavy atom. The molecule has 0 amide bonds. The molecule has 148 valence electrons. The highest BCUT2D eigenvalue weighted by molar-refractivity contribution is 5.70. The van der Waals surface area contributed by atoms with Crippen LogP contribution < -0.4 is 10.4 Å². The van der Waals surface area contributed by atoms with Gasteiger partial charge in [0.05, 0.1) is 5.69 Å². The smallest absolute Gasteiger partial charge is 0.0777 e. The normalized spacial score (nSPS) is 30.7. The van der Waals surface area contributed by atoms with Gasteiger partial charge in [-0.3, -0.25) is 4.98 Å². The fourth-order valence-corrected chi connectivity index (χ4v) is 5.91. The lowest BCUT2D eigenvalue weighted by molar-refractivity contribution is 0.0676. The summed E-state index contributed by atoms with van der Waals surface area (Å²) in [5.74, 6) is 1.14. The van der Waals surface area contributed by atoms with Crippen molar-refractivity contribution in [3.63, 3.8) is 0 Å². The molecule has 0 N–H and O–H groups in total. The average Bonchev–Trinajstić information content (AvgIpc) is 2.80. The zero-order chi connectivity index (χ0) is 20.3. The number of nitrogens with zero attached hydrogens (tertiary/aromatic N) is 1. The zero-order valence-corrected chi connectivity index (χ0v) is 17.7. The second kappa shape index (κ2) is 6.28. The van der Waals surface area contributed by atoms with E-state index in [2.05, 4.69) is 98.8 Å². The molecule has 1 saturated carbocycles. The van der Waals surface area contributed by atoms with Gasteiger partial charge < -0.3 is 0 Å². The van der Waals surface area contributed by atoms with Crippen molar-refractivity contribution in [3.05, 3.63) is 89.4 Å². The molecule has 30 heavy (non-hydrogen) atoms. The SMILES string of the molecule is CC12C=CC(C)(CC1)C1C=c3c(-c4ccc(-c5ccccc5)cc4)nccc3=CC12. The van der Waals surface area contributed by atoms with Crippen molar-refractivity contribution in [2.75, 3.05) is 0 Å². The topological polar surface area (TPSA) is 12.9 Å². The van der Waals surface area contributed by atoms with Gasteiger partial charge in [-0.1, -0.05) is 92.7 Å². The van der Waals surface area contributed by atoms with Crippen LogP contribution in [0, 0.1) is 22.7 Å². The first kappa shape index (κ1) is 17.9. The number of benzene rings is 2. The molecule has 1 aromatic heterocycles. The van der Waals surface area contributed by atoms with E-state index in [1.807, 2.05) is 6.20 Å². The van der Waals surface area contributed by atoms with Crippen molar-refractivity contribution in [2.45, 2.75) is 26.7 Å². The predicted molar refractivity (Wildman–Crippen MR) is 125 cm³/mol. The fourth-order valence-electron chi connectivity index (χ4n) is 5.91. The van der Waals surface area contributed by atoms with Gasteiger partial charge in [0.1, 0.15) is 0 Å². The van der Waals surface area contributed by atoms with Crippen LogP contribution in [0.4, 0.5) is 0 Å². The highest BCUT2D eigenvalue weighted by Crippen LogP contribution is 2.60. The highest BCUT2D eigenvalue weighted by atomic mass is 14.7. The third kappa shape index (κ3) is 2.58. The summed E-state index contributed by atoms with van der Waals surface area (Å²) in [6.07, 6.45) is 14.6. The van der Waals surface area contributed by atoms with Crippen LogP contribution >= 0.6 is 0 Å². The molecule has 7 rings (SSSR count). The van der Waals surface area contributed by atoms with Gasteiger partial charge in [-0.15, -0.1) is 0 Å². The largest absolute Gasteiger partial charge is 0.256 e. The van der Waals surface area contributed by atoms with Crippen molar-refractivity contribution in [3.8, 4) is 22.4 Å². The molecular weight excluding hydrogens is 362 g/mol. The minimum absolute atomic E-state index is 0.265. The maximum Gasteiger partial charge on any atom is 0.0777 e. The monoisotopic (exact) mass is 389 g/mol. The molecule has 3 aromatic rings. The lowest BCUT2D eigenvalue weighted by Crippen LogP contribution is -2.51. The second-order valence-corrected chi connectivity index (χ2v) is 9.84. The van der Waals surface area contributed by atoms with Crippen LogP contribution in [-0.4, -0.2) is 4.98 Å². The van der Waals surface area contributed by atoms with E-state index < -0.39 is 0 Å².